The molecule has 0 atom stereocenters. The third-order valence-electron chi connectivity index (χ3n) is 5.45. The summed E-state index contributed by atoms with van der Waals surface area (Å²) in [6, 6.07) is 17.4. The van der Waals surface area contributed by atoms with Gasteiger partial charge in [0.15, 0.2) is 0 Å². The van der Waals surface area contributed by atoms with E-state index < -0.39 is 0 Å². The van der Waals surface area contributed by atoms with Crippen molar-refractivity contribution >= 4 is 11.0 Å². The molecule has 2 heteroatoms. The molecule has 0 aromatic carbocycles. The molecule has 4 heterocycles. The number of pyridine rings is 2. The van der Waals surface area contributed by atoms with Crippen LogP contribution in [0.3, 0.4) is 0 Å². The first kappa shape index (κ1) is 17.0. The molecule has 0 aliphatic rings. The smallest absolute Gasteiger partial charge is 0.0481 e. The molecule has 4 aromatic rings. The molecular weight excluding hydrogens is 316 g/mol. The fourth-order valence-electron chi connectivity index (χ4n) is 3.99. The van der Waals surface area contributed by atoms with Crippen molar-refractivity contribution < 1.29 is 0 Å². The van der Waals surface area contributed by atoms with Crippen LogP contribution in [0.2, 0.25) is 0 Å². The van der Waals surface area contributed by atoms with Gasteiger partial charge in [-0.25, -0.2) is 0 Å². The molecule has 0 bridgehead atoms. The van der Waals surface area contributed by atoms with E-state index in [1.807, 2.05) is 0 Å². The third kappa shape index (κ3) is 3.85. The molecule has 0 amide bonds. The van der Waals surface area contributed by atoms with Crippen LogP contribution in [0, 0.1) is 0 Å². The molecule has 2 nitrogen and oxygen atoms in total. The van der Waals surface area contributed by atoms with Gasteiger partial charge in [0.2, 0.25) is 0 Å². The van der Waals surface area contributed by atoms with Gasteiger partial charge in [0.1, 0.15) is 0 Å². The zero-order valence-electron chi connectivity index (χ0n) is 15.5. The zero-order chi connectivity index (χ0) is 17.6. The van der Waals surface area contributed by atoms with Gasteiger partial charge in [-0.2, -0.15) is 0 Å². The number of nitrogens with zero attached hydrogens (tertiary/aromatic N) is 2. The molecular formula is C24H28N2. The van der Waals surface area contributed by atoms with Crippen molar-refractivity contribution in [2.45, 2.75) is 51.4 Å². The van der Waals surface area contributed by atoms with E-state index in [-0.39, 0.29) is 0 Å². The summed E-state index contributed by atoms with van der Waals surface area (Å²) < 4.78 is 4.45. The fraction of sp³-hybridized carbons (Fsp3) is 0.333. The summed E-state index contributed by atoms with van der Waals surface area (Å²) in [6.07, 6.45) is 19.1. The first-order chi connectivity index (χ1) is 12.9. The lowest BCUT2D eigenvalue weighted by molar-refractivity contribution is 0.595. The molecule has 0 radical (unpaired) electrons. The van der Waals surface area contributed by atoms with E-state index in [1.165, 1.54) is 73.5 Å². The Morgan fingerprint density at radius 3 is 1.42 bits per heavy atom. The van der Waals surface area contributed by atoms with Crippen molar-refractivity contribution in [3.05, 3.63) is 84.4 Å². The van der Waals surface area contributed by atoms with Crippen molar-refractivity contribution in [1.82, 2.24) is 8.80 Å². The molecule has 4 aromatic heterocycles. The second-order valence-corrected chi connectivity index (χ2v) is 7.29. The maximum absolute atomic E-state index is 2.28. The largest absolute Gasteiger partial charge is 0.324 e. The summed E-state index contributed by atoms with van der Waals surface area (Å²) in [5, 5.41) is 0. The van der Waals surface area contributed by atoms with Crippen molar-refractivity contribution in [1.29, 1.82) is 0 Å². The third-order valence-corrected chi connectivity index (χ3v) is 5.45. The lowest BCUT2D eigenvalue weighted by atomic mass is 10.0. The highest BCUT2D eigenvalue weighted by Crippen LogP contribution is 2.18. The van der Waals surface area contributed by atoms with Crippen LogP contribution in [0.25, 0.3) is 11.0 Å². The van der Waals surface area contributed by atoms with Crippen LogP contribution < -0.4 is 0 Å². The fourth-order valence-corrected chi connectivity index (χ4v) is 3.99. The molecule has 0 spiro atoms. The Kier molecular flexibility index (Phi) is 5.39. The molecule has 0 fully saturated rings. The second kappa shape index (κ2) is 8.27. The topological polar surface area (TPSA) is 8.82 Å². The van der Waals surface area contributed by atoms with Crippen molar-refractivity contribution in [3.63, 3.8) is 0 Å². The number of rotatable bonds is 9. The highest BCUT2D eigenvalue weighted by atomic mass is 14.9. The molecule has 26 heavy (non-hydrogen) atoms. The normalized spacial score (nSPS) is 11.5. The summed E-state index contributed by atoms with van der Waals surface area (Å²) in [6.45, 7) is 0. The van der Waals surface area contributed by atoms with Gasteiger partial charge in [-0.15, -0.1) is 0 Å². The molecule has 0 N–H and O–H groups in total. The first-order valence-corrected chi connectivity index (χ1v) is 10.0. The Bertz CT molecular complexity index is 880. The lowest BCUT2D eigenvalue weighted by Crippen LogP contribution is -1.88. The maximum atomic E-state index is 2.28. The summed E-state index contributed by atoms with van der Waals surface area (Å²) in [4.78, 5) is 0. The van der Waals surface area contributed by atoms with E-state index in [1.54, 1.807) is 0 Å². The van der Waals surface area contributed by atoms with E-state index in [0.717, 1.165) is 0 Å². The number of unbranched alkanes of at least 4 members (excludes halogenated alkanes) is 5. The van der Waals surface area contributed by atoms with Gasteiger partial charge < -0.3 is 8.80 Å². The van der Waals surface area contributed by atoms with Crippen LogP contribution in [0.4, 0.5) is 0 Å². The van der Waals surface area contributed by atoms with Gasteiger partial charge >= 0.3 is 0 Å². The van der Waals surface area contributed by atoms with Crippen molar-refractivity contribution in [3.8, 4) is 0 Å². The van der Waals surface area contributed by atoms with E-state index in [0.29, 0.717) is 0 Å². The van der Waals surface area contributed by atoms with Gasteiger partial charge in [-0.1, -0.05) is 37.8 Å². The molecule has 0 aliphatic carbocycles. The standard InChI is InChI=1S/C24H28N2/c1(3-5-11-21-15-19-25-17-9-7-13-23(21)25)2-4-6-12-22-16-20-26-18-10-8-14-24(22)26/h7-10,13-20H,1-6,11-12H2. The van der Waals surface area contributed by atoms with Gasteiger partial charge in [-0.3, -0.25) is 0 Å². The van der Waals surface area contributed by atoms with Gasteiger partial charge in [0.05, 0.1) is 0 Å². The van der Waals surface area contributed by atoms with Crippen LogP contribution in [0.1, 0.15) is 49.7 Å². The predicted molar refractivity (Wildman–Crippen MR) is 110 cm³/mol. The Labute approximate surface area is 156 Å². The number of fused-ring (bicyclic) bond motifs is 2. The maximum Gasteiger partial charge on any atom is 0.0481 e. The number of hydrogen-bond acceptors (Lipinski definition) is 0. The van der Waals surface area contributed by atoms with Crippen LogP contribution in [-0.2, 0) is 12.8 Å². The number of hydrogen-bond donors (Lipinski definition) is 0. The number of aromatic nitrogens is 2. The zero-order valence-corrected chi connectivity index (χ0v) is 15.5. The minimum Gasteiger partial charge on any atom is -0.324 e. The Hall–Kier alpha value is -2.48. The highest BCUT2D eigenvalue weighted by Gasteiger charge is 2.03. The quantitative estimate of drug-likeness (QED) is 0.314. The molecule has 4 rings (SSSR count). The van der Waals surface area contributed by atoms with E-state index in [9.17, 15) is 0 Å². The summed E-state index contributed by atoms with van der Waals surface area (Å²) in [7, 11) is 0. The lowest BCUT2D eigenvalue weighted by Gasteiger charge is -2.03. The number of aryl methyl sites for hydroxylation is 2. The van der Waals surface area contributed by atoms with Crippen molar-refractivity contribution in [2.75, 3.05) is 0 Å². The summed E-state index contributed by atoms with van der Waals surface area (Å²) in [5.41, 5.74) is 5.72. The minimum absolute atomic E-state index is 1.21. The Balaban J connectivity index is 1.13. The van der Waals surface area contributed by atoms with Crippen LogP contribution in [0.5, 0.6) is 0 Å². The van der Waals surface area contributed by atoms with E-state index >= 15 is 0 Å². The van der Waals surface area contributed by atoms with Crippen LogP contribution >= 0.6 is 0 Å². The van der Waals surface area contributed by atoms with E-state index in [4.69, 9.17) is 0 Å². The van der Waals surface area contributed by atoms with Crippen LogP contribution in [0.15, 0.2) is 73.3 Å². The first-order valence-electron chi connectivity index (χ1n) is 10.0. The average molecular weight is 345 g/mol. The monoisotopic (exact) mass is 344 g/mol. The highest BCUT2D eigenvalue weighted by molar-refractivity contribution is 5.56. The predicted octanol–water partition coefficient (Wildman–Crippen LogP) is 6.32. The van der Waals surface area contributed by atoms with Gasteiger partial charge in [0, 0.05) is 35.8 Å². The molecule has 134 valence electrons. The minimum atomic E-state index is 1.21. The van der Waals surface area contributed by atoms with Crippen LogP contribution in [-0.4, -0.2) is 8.80 Å². The van der Waals surface area contributed by atoms with E-state index in [2.05, 4.69) is 82.1 Å². The summed E-state index contributed by atoms with van der Waals surface area (Å²) in [5.74, 6) is 0. The second-order valence-electron chi connectivity index (χ2n) is 7.29. The molecule has 0 saturated heterocycles. The SMILES string of the molecule is c1ccn2ccc(CCCCCCCCc3ccn4ccccc34)c2c1. The van der Waals surface area contributed by atoms with Gasteiger partial charge in [0.25, 0.3) is 0 Å². The van der Waals surface area contributed by atoms with Gasteiger partial charge in [-0.05, 0) is 73.2 Å². The Morgan fingerprint density at radius 1 is 0.462 bits per heavy atom. The summed E-state index contributed by atoms with van der Waals surface area (Å²) >= 11 is 0. The molecule has 0 unspecified atom stereocenters. The molecule has 0 saturated carbocycles. The average Bonchev–Trinajstić information content (AvgIpc) is 3.28. The van der Waals surface area contributed by atoms with Crippen molar-refractivity contribution in [2.24, 2.45) is 0 Å². The Morgan fingerprint density at radius 2 is 0.923 bits per heavy atom. The molecule has 0 aliphatic heterocycles.